The van der Waals surface area contributed by atoms with E-state index in [2.05, 4.69) is 10.6 Å². The van der Waals surface area contributed by atoms with Crippen LogP contribution in [0.1, 0.15) is 109 Å². The standard InChI is InChI=1S/C43H56N2O15/c1-40(2,3)57-32(47)19-17-28(45-38(52)59-42(7,8)9)36(50)44-29(18-20-33(48)58-41(4,5)6)37(51)55-26-21-30(46)34-31(22-26)54-23-27(35(34)49)24-13-15-25(16-14-24)56-39(53)60-43(10,11)12/h13-16,21-23,28-29,46H,17-20H2,1-12H3,(H,44,50)(H,45,52)/t28-,29-/m1/s1. The van der Waals surface area contributed by atoms with Gasteiger partial charge < -0.3 is 48.6 Å². The number of hydrogen-bond acceptors (Lipinski definition) is 15. The van der Waals surface area contributed by atoms with Gasteiger partial charge in [0.25, 0.3) is 0 Å². The first-order valence-corrected chi connectivity index (χ1v) is 19.2. The number of esters is 3. The Bertz CT molecular complexity index is 2110. The predicted octanol–water partition coefficient (Wildman–Crippen LogP) is 7.01. The van der Waals surface area contributed by atoms with Crippen molar-refractivity contribution in [1.82, 2.24) is 10.6 Å². The summed E-state index contributed by atoms with van der Waals surface area (Å²) in [7, 11) is 0. The van der Waals surface area contributed by atoms with Crippen molar-refractivity contribution in [3.05, 3.63) is 52.9 Å². The quantitative estimate of drug-likeness (QED) is 0.0680. The van der Waals surface area contributed by atoms with Crippen molar-refractivity contribution in [3.8, 4) is 28.4 Å². The van der Waals surface area contributed by atoms with E-state index in [4.69, 9.17) is 32.8 Å². The SMILES string of the molecule is CC(C)(C)OC(=O)CC[C@@H](NC(=O)OC(C)(C)C)C(=O)N[C@H](CCC(=O)OC(C)(C)C)C(=O)Oc1cc(O)c2c(=O)c(-c3ccc(OC(=O)OC(C)(C)C)cc3)coc2c1. The van der Waals surface area contributed by atoms with E-state index in [0.717, 1.165) is 12.3 Å². The lowest BCUT2D eigenvalue weighted by Crippen LogP contribution is -2.53. The first-order chi connectivity index (χ1) is 27.5. The Morgan fingerprint density at radius 3 is 1.68 bits per heavy atom. The van der Waals surface area contributed by atoms with Gasteiger partial charge in [-0.15, -0.1) is 0 Å². The van der Waals surface area contributed by atoms with E-state index in [-0.39, 0.29) is 53.7 Å². The lowest BCUT2D eigenvalue weighted by atomic mass is 10.0. The van der Waals surface area contributed by atoms with E-state index in [1.165, 1.54) is 30.3 Å². The van der Waals surface area contributed by atoms with Crippen molar-refractivity contribution in [2.24, 2.45) is 0 Å². The topological polar surface area (TPSA) is 232 Å². The number of phenols is 1. The molecule has 17 nitrogen and oxygen atoms in total. The highest BCUT2D eigenvalue weighted by Gasteiger charge is 2.32. The van der Waals surface area contributed by atoms with Crippen LogP contribution in [-0.4, -0.2) is 75.7 Å². The van der Waals surface area contributed by atoms with Crippen molar-refractivity contribution >= 4 is 47.0 Å². The molecule has 2 atom stereocenters. The molecule has 1 heterocycles. The molecule has 2 aromatic carbocycles. The van der Waals surface area contributed by atoms with Gasteiger partial charge in [0.1, 0.15) is 69.0 Å². The number of benzene rings is 2. The molecule has 1 aromatic heterocycles. The molecule has 3 N–H and O–H groups in total. The molecule has 0 fully saturated rings. The van der Waals surface area contributed by atoms with E-state index in [1.807, 2.05) is 0 Å². The summed E-state index contributed by atoms with van der Waals surface area (Å²) in [5, 5.41) is 15.7. The number of alkyl carbamates (subject to hydrolysis) is 1. The summed E-state index contributed by atoms with van der Waals surface area (Å²) in [6, 6.07) is 5.12. The molecule has 0 aliphatic rings. The fourth-order valence-electron chi connectivity index (χ4n) is 5.27. The number of fused-ring (bicyclic) bond motifs is 1. The van der Waals surface area contributed by atoms with Gasteiger partial charge in [0, 0.05) is 25.0 Å². The van der Waals surface area contributed by atoms with Crippen molar-refractivity contribution in [1.29, 1.82) is 0 Å². The van der Waals surface area contributed by atoms with Gasteiger partial charge in [-0.2, -0.15) is 0 Å². The summed E-state index contributed by atoms with van der Waals surface area (Å²) in [6.07, 6.45) is -1.97. The van der Waals surface area contributed by atoms with Crippen LogP contribution in [0.2, 0.25) is 0 Å². The first kappa shape index (κ1) is 48.2. The van der Waals surface area contributed by atoms with Crippen LogP contribution in [0.3, 0.4) is 0 Å². The molecule has 0 bridgehead atoms. The average Bonchev–Trinajstić information content (AvgIpc) is 3.05. The summed E-state index contributed by atoms with van der Waals surface area (Å²) < 4.78 is 37.6. The minimum absolute atomic E-state index is 0.0532. The number of rotatable bonds is 13. The predicted molar refractivity (Wildman–Crippen MR) is 217 cm³/mol. The second-order valence-electron chi connectivity index (χ2n) is 17.8. The second-order valence-corrected chi connectivity index (χ2v) is 17.8. The highest BCUT2D eigenvalue weighted by Crippen LogP contribution is 2.31. The fourth-order valence-corrected chi connectivity index (χ4v) is 5.27. The minimum atomic E-state index is -1.54. The van der Waals surface area contributed by atoms with Crippen LogP contribution >= 0.6 is 0 Å². The summed E-state index contributed by atoms with van der Waals surface area (Å²) in [5.41, 5.74) is -3.75. The van der Waals surface area contributed by atoms with Crippen LogP contribution in [0.4, 0.5) is 9.59 Å². The molecule has 0 aliphatic carbocycles. The number of carbonyl (C=O) groups is 6. The lowest BCUT2D eigenvalue weighted by molar-refractivity contribution is -0.156. The maximum Gasteiger partial charge on any atom is 0.514 e. The maximum absolute atomic E-state index is 13.7. The molecule has 0 unspecified atom stereocenters. The van der Waals surface area contributed by atoms with Crippen LogP contribution in [-0.2, 0) is 38.1 Å². The number of ether oxygens (including phenoxy) is 6. The Hall–Kier alpha value is -6.13. The number of aromatic hydroxyl groups is 1. The Labute approximate surface area is 348 Å². The summed E-state index contributed by atoms with van der Waals surface area (Å²) in [4.78, 5) is 91.1. The van der Waals surface area contributed by atoms with Gasteiger partial charge >= 0.3 is 30.2 Å². The van der Waals surface area contributed by atoms with E-state index in [0.29, 0.717) is 5.56 Å². The molecular weight excluding hydrogens is 784 g/mol. The summed E-state index contributed by atoms with van der Waals surface area (Å²) in [6.45, 7) is 19.9. The molecule has 0 radical (unpaired) electrons. The van der Waals surface area contributed by atoms with Crippen LogP contribution in [0.5, 0.6) is 17.2 Å². The first-order valence-electron chi connectivity index (χ1n) is 19.2. The largest absolute Gasteiger partial charge is 0.514 e. The Morgan fingerprint density at radius 2 is 1.17 bits per heavy atom. The van der Waals surface area contributed by atoms with Gasteiger partial charge in [0.05, 0.1) is 5.56 Å². The third kappa shape index (κ3) is 16.3. The molecule has 0 spiro atoms. The molecule has 3 rings (SSSR count). The zero-order valence-corrected chi connectivity index (χ0v) is 36.2. The molecule has 328 valence electrons. The number of carbonyl (C=O) groups excluding carboxylic acids is 6. The molecule has 0 saturated heterocycles. The molecule has 60 heavy (non-hydrogen) atoms. The van der Waals surface area contributed by atoms with Crippen LogP contribution in [0, 0.1) is 0 Å². The molecule has 0 aliphatic heterocycles. The van der Waals surface area contributed by atoms with E-state index >= 15 is 0 Å². The highest BCUT2D eigenvalue weighted by atomic mass is 16.7. The number of hydrogen-bond donors (Lipinski definition) is 3. The van der Waals surface area contributed by atoms with Crippen LogP contribution < -0.4 is 25.5 Å². The smallest absolute Gasteiger partial charge is 0.507 e. The third-order valence-corrected chi connectivity index (χ3v) is 7.53. The van der Waals surface area contributed by atoms with Gasteiger partial charge in [-0.1, -0.05) is 12.1 Å². The van der Waals surface area contributed by atoms with Gasteiger partial charge in [0.2, 0.25) is 11.3 Å². The zero-order chi connectivity index (χ0) is 45.4. The second kappa shape index (κ2) is 19.3. The zero-order valence-electron chi connectivity index (χ0n) is 36.2. The maximum atomic E-state index is 13.7. The summed E-state index contributed by atoms with van der Waals surface area (Å²) >= 11 is 0. The molecule has 3 aromatic rings. The Morgan fingerprint density at radius 1 is 0.650 bits per heavy atom. The molecule has 2 amide bonds. The van der Waals surface area contributed by atoms with E-state index in [9.17, 15) is 38.7 Å². The minimum Gasteiger partial charge on any atom is -0.507 e. The average molecular weight is 841 g/mol. The van der Waals surface area contributed by atoms with Gasteiger partial charge in [-0.25, -0.2) is 14.4 Å². The van der Waals surface area contributed by atoms with Crippen molar-refractivity contribution in [3.63, 3.8) is 0 Å². The highest BCUT2D eigenvalue weighted by molar-refractivity contribution is 5.92. The van der Waals surface area contributed by atoms with E-state index < -0.39 is 81.7 Å². The van der Waals surface area contributed by atoms with Crippen LogP contribution in [0.15, 0.2) is 51.9 Å². The number of phenolic OH excluding ortho intramolecular Hbond substituents is 1. The van der Waals surface area contributed by atoms with Gasteiger partial charge in [0.15, 0.2) is 0 Å². The van der Waals surface area contributed by atoms with Crippen molar-refractivity contribution in [2.45, 2.75) is 143 Å². The number of amides is 2. The van der Waals surface area contributed by atoms with Crippen molar-refractivity contribution in [2.75, 3.05) is 0 Å². The normalized spacial score (nSPS) is 13.0. The fraction of sp³-hybridized carbons (Fsp3) is 0.512. The number of nitrogens with one attached hydrogen (secondary N) is 2. The molecule has 17 heteroatoms. The lowest BCUT2D eigenvalue weighted by Gasteiger charge is -2.25. The molecule has 0 saturated carbocycles. The van der Waals surface area contributed by atoms with Crippen LogP contribution in [0.25, 0.3) is 22.1 Å². The monoisotopic (exact) mass is 840 g/mol. The van der Waals surface area contributed by atoms with Gasteiger partial charge in [-0.05, 0) is 114 Å². The Kier molecular flexibility index (Phi) is 15.5. The summed E-state index contributed by atoms with van der Waals surface area (Å²) in [5.74, 6) is -4.08. The Balaban J connectivity index is 1.90. The van der Waals surface area contributed by atoms with E-state index in [1.54, 1.807) is 83.1 Å². The van der Waals surface area contributed by atoms with Crippen molar-refractivity contribution < 1.29 is 66.7 Å². The third-order valence-electron chi connectivity index (χ3n) is 7.53. The van der Waals surface area contributed by atoms with Gasteiger partial charge in [-0.3, -0.25) is 19.2 Å². The molecular formula is C43H56N2O15.